The monoisotopic (exact) mass is 261 g/mol. The molecule has 0 fully saturated rings. The van der Waals surface area contributed by atoms with Gasteiger partial charge in [-0.15, -0.1) is 11.8 Å². The van der Waals surface area contributed by atoms with E-state index in [1.807, 2.05) is 36.5 Å². The molecule has 1 aromatic carbocycles. The summed E-state index contributed by atoms with van der Waals surface area (Å²) in [6, 6.07) is 8.36. The highest BCUT2D eigenvalue weighted by molar-refractivity contribution is 7.98. The molecule has 0 spiro atoms. The van der Waals surface area contributed by atoms with Crippen molar-refractivity contribution in [2.24, 2.45) is 7.05 Å². The van der Waals surface area contributed by atoms with Gasteiger partial charge in [0.1, 0.15) is 0 Å². The van der Waals surface area contributed by atoms with Gasteiger partial charge in [-0.3, -0.25) is 4.68 Å². The zero-order valence-corrected chi connectivity index (χ0v) is 11.9. The summed E-state index contributed by atoms with van der Waals surface area (Å²) in [5, 5.41) is 4.46. The molecule has 0 radical (unpaired) electrons. The van der Waals surface area contributed by atoms with E-state index < -0.39 is 0 Å². The van der Waals surface area contributed by atoms with Crippen molar-refractivity contribution in [3.05, 3.63) is 41.2 Å². The van der Waals surface area contributed by atoms with E-state index in [2.05, 4.69) is 30.2 Å². The first-order chi connectivity index (χ1) is 8.60. The van der Waals surface area contributed by atoms with Crippen LogP contribution < -0.4 is 5.73 Å². The van der Waals surface area contributed by atoms with Gasteiger partial charge in [-0.05, 0) is 43.2 Å². The Morgan fingerprint density at radius 1 is 1.33 bits per heavy atom. The number of rotatable bonds is 4. The van der Waals surface area contributed by atoms with Crippen molar-refractivity contribution in [1.29, 1.82) is 0 Å². The zero-order chi connectivity index (χ0) is 13.1. The fraction of sp³-hybridized carbons (Fsp3) is 0.357. The SMILES string of the molecule is CCc1cc(CSc2ccc(N)c(C)c2)n(C)n1. The van der Waals surface area contributed by atoms with Gasteiger partial charge in [0.15, 0.2) is 0 Å². The minimum Gasteiger partial charge on any atom is -0.399 e. The molecule has 2 aromatic rings. The van der Waals surface area contributed by atoms with Gasteiger partial charge < -0.3 is 5.73 Å². The first kappa shape index (κ1) is 13.0. The Bertz CT molecular complexity index is 546. The summed E-state index contributed by atoms with van der Waals surface area (Å²) < 4.78 is 1.97. The highest BCUT2D eigenvalue weighted by atomic mass is 32.2. The minimum atomic E-state index is 0.855. The van der Waals surface area contributed by atoms with E-state index >= 15 is 0 Å². The van der Waals surface area contributed by atoms with Gasteiger partial charge in [-0.1, -0.05) is 6.92 Å². The number of hydrogen-bond donors (Lipinski definition) is 1. The summed E-state index contributed by atoms with van der Waals surface area (Å²) >= 11 is 1.82. The second-order valence-corrected chi connectivity index (χ2v) is 5.46. The fourth-order valence-electron chi connectivity index (χ4n) is 1.77. The molecule has 0 aliphatic heterocycles. The van der Waals surface area contributed by atoms with Crippen LogP contribution in [0.15, 0.2) is 29.2 Å². The summed E-state index contributed by atoms with van der Waals surface area (Å²) in [4.78, 5) is 1.25. The molecular weight excluding hydrogens is 242 g/mol. The second-order valence-electron chi connectivity index (χ2n) is 4.41. The predicted molar refractivity (Wildman–Crippen MR) is 77.7 cm³/mol. The van der Waals surface area contributed by atoms with Crippen molar-refractivity contribution in [1.82, 2.24) is 9.78 Å². The number of thioether (sulfide) groups is 1. The molecule has 4 heteroatoms. The van der Waals surface area contributed by atoms with Crippen molar-refractivity contribution in [3.8, 4) is 0 Å². The summed E-state index contributed by atoms with van der Waals surface area (Å²) in [5.41, 5.74) is 10.2. The Labute approximate surface area is 112 Å². The number of benzene rings is 1. The molecule has 0 atom stereocenters. The number of aromatic nitrogens is 2. The molecule has 0 saturated carbocycles. The van der Waals surface area contributed by atoms with Crippen LogP contribution in [-0.2, 0) is 19.2 Å². The van der Waals surface area contributed by atoms with Gasteiger partial charge in [-0.25, -0.2) is 0 Å². The first-order valence-electron chi connectivity index (χ1n) is 6.11. The molecule has 0 aliphatic carbocycles. The number of hydrogen-bond acceptors (Lipinski definition) is 3. The van der Waals surface area contributed by atoms with Crippen LogP contribution in [0.1, 0.15) is 23.9 Å². The lowest BCUT2D eigenvalue weighted by Crippen LogP contribution is -1.96. The lowest BCUT2D eigenvalue weighted by Gasteiger charge is -2.05. The van der Waals surface area contributed by atoms with E-state index in [0.29, 0.717) is 0 Å². The van der Waals surface area contributed by atoms with E-state index in [4.69, 9.17) is 5.73 Å². The number of nitrogens with two attached hydrogens (primary N) is 1. The van der Waals surface area contributed by atoms with E-state index in [1.54, 1.807) is 0 Å². The Morgan fingerprint density at radius 3 is 2.72 bits per heavy atom. The van der Waals surface area contributed by atoms with E-state index in [-0.39, 0.29) is 0 Å². The summed E-state index contributed by atoms with van der Waals surface area (Å²) in [6.45, 7) is 4.17. The molecule has 0 aliphatic rings. The number of nitrogen functional groups attached to an aromatic ring is 1. The molecule has 3 nitrogen and oxygen atoms in total. The highest BCUT2D eigenvalue weighted by Crippen LogP contribution is 2.25. The van der Waals surface area contributed by atoms with Crippen molar-refractivity contribution in [2.45, 2.75) is 30.9 Å². The van der Waals surface area contributed by atoms with Gasteiger partial charge in [0.05, 0.1) is 5.69 Å². The van der Waals surface area contributed by atoms with Crippen LogP contribution in [0, 0.1) is 6.92 Å². The van der Waals surface area contributed by atoms with Crippen LogP contribution in [0.3, 0.4) is 0 Å². The minimum absolute atomic E-state index is 0.855. The molecule has 2 N–H and O–H groups in total. The molecule has 96 valence electrons. The van der Waals surface area contributed by atoms with Crippen molar-refractivity contribution in [3.63, 3.8) is 0 Å². The molecule has 1 heterocycles. The maximum absolute atomic E-state index is 5.82. The number of nitrogens with zero attached hydrogens (tertiary/aromatic N) is 2. The Hall–Kier alpha value is -1.42. The zero-order valence-electron chi connectivity index (χ0n) is 11.1. The van der Waals surface area contributed by atoms with Gasteiger partial charge >= 0.3 is 0 Å². The van der Waals surface area contributed by atoms with Crippen molar-refractivity contribution >= 4 is 17.4 Å². The van der Waals surface area contributed by atoms with Gasteiger partial charge in [-0.2, -0.15) is 5.10 Å². The van der Waals surface area contributed by atoms with Crippen LogP contribution in [0.25, 0.3) is 0 Å². The van der Waals surface area contributed by atoms with Gasteiger partial charge in [0, 0.05) is 29.1 Å². The van der Waals surface area contributed by atoms with Crippen LogP contribution in [0.2, 0.25) is 0 Å². The van der Waals surface area contributed by atoms with Crippen LogP contribution >= 0.6 is 11.8 Å². The maximum atomic E-state index is 5.82. The van der Waals surface area contributed by atoms with Crippen molar-refractivity contribution in [2.75, 3.05) is 5.73 Å². The third-order valence-corrected chi connectivity index (χ3v) is 4.04. The van der Waals surface area contributed by atoms with E-state index in [0.717, 1.165) is 29.1 Å². The Balaban J connectivity index is 2.06. The molecule has 0 amide bonds. The molecule has 2 rings (SSSR count). The standard InChI is InChI=1S/C14H19N3S/c1-4-11-8-12(17(3)16-11)9-18-13-5-6-14(15)10(2)7-13/h5-8H,4,9,15H2,1-3H3. The van der Waals surface area contributed by atoms with Gasteiger partial charge in [0.2, 0.25) is 0 Å². The second kappa shape index (κ2) is 5.48. The average Bonchev–Trinajstić information content (AvgIpc) is 2.72. The number of anilines is 1. The highest BCUT2D eigenvalue weighted by Gasteiger charge is 2.05. The smallest absolute Gasteiger partial charge is 0.0625 e. The first-order valence-corrected chi connectivity index (χ1v) is 7.09. The van der Waals surface area contributed by atoms with Crippen LogP contribution in [0.4, 0.5) is 5.69 Å². The Morgan fingerprint density at radius 2 is 2.11 bits per heavy atom. The normalized spacial score (nSPS) is 10.8. The lowest BCUT2D eigenvalue weighted by molar-refractivity contribution is 0.720. The molecule has 18 heavy (non-hydrogen) atoms. The van der Waals surface area contributed by atoms with Crippen molar-refractivity contribution < 1.29 is 0 Å². The average molecular weight is 261 g/mol. The third kappa shape index (κ3) is 2.88. The Kier molecular flexibility index (Phi) is 3.97. The predicted octanol–water partition coefficient (Wildman–Crippen LogP) is 3.17. The van der Waals surface area contributed by atoms with E-state index in [9.17, 15) is 0 Å². The van der Waals surface area contributed by atoms with E-state index in [1.165, 1.54) is 10.6 Å². The lowest BCUT2D eigenvalue weighted by atomic mass is 10.2. The van der Waals surface area contributed by atoms with Crippen LogP contribution in [-0.4, -0.2) is 9.78 Å². The molecule has 0 unspecified atom stereocenters. The topological polar surface area (TPSA) is 43.8 Å². The van der Waals surface area contributed by atoms with Crippen LogP contribution in [0.5, 0.6) is 0 Å². The van der Waals surface area contributed by atoms with Gasteiger partial charge in [0.25, 0.3) is 0 Å². The molecule has 0 bridgehead atoms. The molecular formula is C14H19N3S. The fourth-order valence-corrected chi connectivity index (χ4v) is 2.78. The third-order valence-electron chi connectivity index (χ3n) is 3.02. The summed E-state index contributed by atoms with van der Waals surface area (Å²) in [6.07, 6.45) is 0.986. The molecule has 0 saturated heterocycles. The number of aryl methyl sites for hydroxylation is 3. The largest absolute Gasteiger partial charge is 0.399 e. The maximum Gasteiger partial charge on any atom is 0.0625 e. The quantitative estimate of drug-likeness (QED) is 0.679. The summed E-state index contributed by atoms with van der Waals surface area (Å²) in [5.74, 6) is 0.937. The summed E-state index contributed by atoms with van der Waals surface area (Å²) in [7, 11) is 2.00. The molecule has 1 aromatic heterocycles.